The molecule has 0 aromatic carbocycles. The van der Waals surface area contributed by atoms with Gasteiger partial charge in [-0.25, -0.2) is 0 Å². The van der Waals surface area contributed by atoms with Crippen molar-refractivity contribution >= 4 is 0 Å². The molecule has 0 radical (unpaired) electrons. The van der Waals surface area contributed by atoms with Crippen LogP contribution in [-0.2, 0) is 0 Å². The molecule has 0 aliphatic heterocycles. The Balaban J connectivity index is 3.03. The van der Waals surface area contributed by atoms with Crippen molar-refractivity contribution in [2.24, 2.45) is 0 Å². The first kappa shape index (κ1) is 13.7. The first-order valence-electron chi connectivity index (χ1n) is 5.89. The number of unbranched alkanes of at least 4 members (excludes halogenated alkanes) is 6. The van der Waals surface area contributed by atoms with Gasteiger partial charge in [-0.15, -0.1) is 6.58 Å². The number of hydrogen-bond acceptors (Lipinski definition) is 1. The Bertz CT molecular complexity index is 133. The molecule has 0 unspecified atom stereocenters. The van der Waals surface area contributed by atoms with E-state index >= 15 is 0 Å². The molecule has 0 saturated heterocycles. The highest BCUT2D eigenvalue weighted by Gasteiger charge is 2.10. The lowest BCUT2D eigenvalue weighted by Crippen LogP contribution is -2.17. The molecule has 0 saturated carbocycles. The van der Waals surface area contributed by atoms with Crippen molar-refractivity contribution in [3.63, 3.8) is 0 Å². The molecule has 0 aromatic rings. The third-order valence-corrected chi connectivity index (χ3v) is 2.45. The molecule has 1 nitrogen and oxygen atoms in total. The van der Waals surface area contributed by atoms with Gasteiger partial charge in [0.05, 0.1) is 5.60 Å². The molecule has 0 aromatic heterocycles. The summed E-state index contributed by atoms with van der Waals surface area (Å²) in [6.07, 6.45) is 11.8. The lowest BCUT2D eigenvalue weighted by molar-refractivity contribution is 0.0680. The summed E-state index contributed by atoms with van der Waals surface area (Å²) in [7, 11) is 0. The summed E-state index contributed by atoms with van der Waals surface area (Å²) in [6.45, 7) is 7.48. The van der Waals surface area contributed by atoms with Crippen molar-refractivity contribution in [1.29, 1.82) is 0 Å². The zero-order chi connectivity index (χ0) is 10.9. The van der Waals surface area contributed by atoms with Crippen molar-refractivity contribution in [1.82, 2.24) is 0 Å². The summed E-state index contributed by atoms with van der Waals surface area (Å²) in [6, 6.07) is 0. The normalized spacial score (nSPS) is 11.6. The molecule has 0 aliphatic rings. The van der Waals surface area contributed by atoms with E-state index in [2.05, 4.69) is 6.58 Å². The minimum atomic E-state index is -0.469. The van der Waals surface area contributed by atoms with E-state index in [9.17, 15) is 5.11 Å². The van der Waals surface area contributed by atoms with Crippen LogP contribution >= 0.6 is 0 Å². The molecule has 0 aliphatic carbocycles. The van der Waals surface area contributed by atoms with Crippen molar-refractivity contribution in [3.05, 3.63) is 12.7 Å². The quantitative estimate of drug-likeness (QED) is 0.437. The van der Waals surface area contributed by atoms with Gasteiger partial charge in [0.15, 0.2) is 0 Å². The number of allylic oxidation sites excluding steroid dienone is 1. The minimum Gasteiger partial charge on any atom is -0.390 e. The summed E-state index contributed by atoms with van der Waals surface area (Å²) in [5, 5.41) is 9.48. The molecule has 0 amide bonds. The zero-order valence-corrected chi connectivity index (χ0v) is 9.89. The third kappa shape index (κ3) is 11.7. The van der Waals surface area contributed by atoms with Gasteiger partial charge in [0.1, 0.15) is 0 Å². The second kappa shape index (κ2) is 8.05. The van der Waals surface area contributed by atoms with E-state index in [0.717, 1.165) is 19.3 Å². The van der Waals surface area contributed by atoms with Gasteiger partial charge < -0.3 is 5.11 Å². The first-order valence-corrected chi connectivity index (χ1v) is 5.89. The van der Waals surface area contributed by atoms with Crippen LogP contribution in [0.1, 0.15) is 65.2 Å². The van der Waals surface area contributed by atoms with Crippen molar-refractivity contribution in [2.75, 3.05) is 0 Å². The van der Waals surface area contributed by atoms with Crippen LogP contribution in [0.2, 0.25) is 0 Å². The van der Waals surface area contributed by atoms with Gasteiger partial charge in [0.2, 0.25) is 0 Å². The van der Waals surface area contributed by atoms with Gasteiger partial charge in [0.25, 0.3) is 0 Å². The van der Waals surface area contributed by atoms with E-state index in [1.54, 1.807) is 0 Å². The molecule has 0 heterocycles. The molecule has 0 rings (SSSR count). The topological polar surface area (TPSA) is 20.2 Å². The maximum atomic E-state index is 9.48. The van der Waals surface area contributed by atoms with E-state index in [-0.39, 0.29) is 0 Å². The predicted octanol–water partition coefficient (Wildman–Crippen LogP) is 4.06. The fourth-order valence-corrected chi connectivity index (χ4v) is 1.55. The van der Waals surface area contributed by atoms with Crippen LogP contribution < -0.4 is 0 Å². The second-order valence-electron chi connectivity index (χ2n) is 4.76. The molecule has 0 spiro atoms. The summed E-state index contributed by atoms with van der Waals surface area (Å²) in [4.78, 5) is 0. The van der Waals surface area contributed by atoms with Crippen LogP contribution in [0.25, 0.3) is 0 Å². The standard InChI is InChI=1S/C13H26O/c1-4-5-6-7-8-9-10-11-12-13(2,3)14/h4,14H,1,5-12H2,2-3H3. The molecule has 14 heavy (non-hydrogen) atoms. The Morgan fingerprint density at radius 1 is 1.00 bits per heavy atom. The Morgan fingerprint density at radius 2 is 1.50 bits per heavy atom. The molecular weight excluding hydrogens is 172 g/mol. The lowest BCUT2D eigenvalue weighted by atomic mass is 10.00. The zero-order valence-electron chi connectivity index (χ0n) is 9.89. The van der Waals surface area contributed by atoms with E-state index < -0.39 is 5.60 Å². The van der Waals surface area contributed by atoms with Gasteiger partial charge in [-0.05, 0) is 33.1 Å². The van der Waals surface area contributed by atoms with Gasteiger partial charge in [0, 0.05) is 0 Å². The molecule has 1 N–H and O–H groups in total. The van der Waals surface area contributed by atoms with E-state index in [1.165, 1.54) is 32.1 Å². The fraction of sp³-hybridized carbons (Fsp3) is 0.846. The van der Waals surface area contributed by atoms with E-state index in [1.807, 2.05) is 19.9 Å². The number of hydrogen-bond donors (Lipinski definition) is 1. The molecule has 1 heteroatoms. The number of aliphatic hydroxyl groups is 1. The summed E-state index contributed by atoms with van der Waals surface area (Å²) in [5.41, 5.74) is -0.469. The Morgan fingerprint density at radius 3 is 2.00 bits per heavy atom. The van der Waals surface area contributed by atoms with Gasteiger partial charge in [-0.2, -0.15) is 0 Å². The van der Waals surface area contributed by atoms with Crippen LogP contribution in [-0.4, -0.2) is 10.7 Å². The van der Waals surface area contributed by atoms with Crippen LogP contribution in [0.15, 0.2) is 12.7 Å². The Hall–Kier alpha value is -0.300. The molecule has 0 atom stereocenters. The van der Waals surface area contributed by atoms with Gasteiger partial charge in [-0.1, -0.05) is 38.2 Å². The van der Waals surface area contributed by atoms with E-state index in [0.29, 0.717) is 0 Å². The third-order valence-electron chi connectivity index (χ3n) is 2.45. The average Bonchev–Trinajstić information content (AvgIpc) is 2.08. The highest BCUT2D eigenvalue weighted by Crippen LogP contribution is 2.15. The smallest absolute Gasteiger partial charge is 0.0591 e. The largest absolute Gasteiger partial charge is 0.390 e. The van der Waals surface area contributed by atoms with E-state index in [4.69, 9.17) is 0 Å². The summed E-state index contributed by atoms with van der Waals surface area (Å²) >= 11 is 0. The summed E-state index contributed by atoms with van der Waals surface area (Å²) in [5.74, 6) is 0. The average molecular weight is 198 g/mol. The van der Waals surface area contributed by atoms with Gasteiger partial charge in [-0.3, -0.25) is 0 Å². The predicted molar refractivity (Wildman–Crippen MR) is 63.4 cm³/mol. The van der Waals surface area contributed by atoms with Crippen molar-refractivity contribution in [3.8, 4) is 0 Å². The van der Waals surface area contributed by atoms with Crippen molar-refractivity contribution in [2.45, 2.75) is 70.8 Å². The first-order chi connectivity index (χ1) is 6.56. The minimum absolute atomic E-state index is 0.469. The molecule has 0 fully saturated rings. The Kier molecular flexibility index (Phi) is 7.87. The molecule has 84 valence electrons. The molecule has 0 bridgehead atoms. The lowest BCUT2D eigenvalue weighted by Gasteiger charge is -2.16. The maximum absolute atomic E-state index is 9.48. The SMILES string of the molecule is C=CCCCCCCCCC(C)(C)O. The highest BCUT2D eigenvalue weighted by molar-refractivity contribution is 4.66. The molecular formula is C13H26O. The summed E-state index contributed by atoms with van der Waals surface area (Å²) < 4.78 is 0. The maximum Gasteiger partial charge on any atom is 0.0591 e. The van der Waals surface area contributed by atoms with Gasteiger partial charge >= 0.3 is 0 Å². The van der Waals surface area contributed by atoms with Crippen LogP contribution in [0.5, 0.6) is 0 Å². The fourth-order valence-electron chi connectivity index (χ4n) is 1.55. The van der Waals surface area contributed by atoms with Crippen LogP contribution in [0.4, 0.5) is 0 Å². The highest BCUT2D eigenvalue weighted by atomic mass is 16.3. The van der Waals surface area contributed by atoms with Crippen molar-refractivity contribution < 1.29 is 5.11 Å². The monoisotopic (exact) mass is 198 g/mol. The number of rotatable bonds is 9. The van der Waals surface area contributed by atoms with Crippen LogP contribution in [0, 0.1) is 0 Å². The Labute approximate surface area is 89.2 Å². The second-order valence-corrected chi connectivity index (χ2v) is 4.76. The van der Waals surface area contributed by atoms with Crippen LogP contribution in [0.3, 0.4) is 0 Å².